The number of ether oxygens (including phenoxy) is 1. The molecule has 0 spiro atoms. The molecule has 0 aromatic heterocycles. The van der Waals surface area contributed by atoms with Gasteiger partial charge in [0.1, 0.15) is 18.1 Å². The Morgan fingerprint density at radius 2 is 1.89 bits per heavy atom. The summed E-state index contributed by atoms with van der Waals surface area (Å²) in [5.74, 6) is 0.574. The smallest absolute Gasteiger partial charge is 0.128 e. The molecule has 0 aliphatic heterocycles. The number of nitrogens with zero attached hydrogens (tertiary/aromatic N) is 1. The Balaban J connectivity index is 2.04. The molecule has 18 heavy (non-hydrogen) atoms. The van der Waals surface area contributed by atoms with Gasteiger partial charge in [-0.25, -0.2) is 0 Å². The lowest BCUT2D eigenvalue weighted by atomic mass is 10.2. The highest BCUT2D eigenvalue weighted by Gasteiger charge is 2.02. The summed E-state index contributed by atoms with van der Waals surface area (Å²) in [6.45, 7) is 0.438. The van der Waals surface area contributed by atoms with Crippen LogP contribution in [0.4, 0.5) is 0 Å². The van der Waals surface area contributed by atoms with E-state index in [9.17, 15) is 5.11 Å². The quantitative estimate of drug-likeness (QED) is 0.493. The summed E-state index contributed by atoms with van der Waals surface area (Å²) in [5.41, 5.74) is 1.49. The fourth-order valence-electron chi connectivity index (χ4n) is 1.53. The summed E-state index contributed by atoms with van der Waals surface area (Å²) in [5, 5.41) is 20.9. The van der Waals surface area contributed by atoms with Crippen molar-refractivity contribution in [2.24, 2.45) is 5.16 Å². The van der Waals surface area contributed by atoms with Crippen LogP contribution in [-0.4, -0.2) is 16.5 Å². The number of benzene rings is 2. The number of hydrogen-bond acceptors (Lipinski definition) is 4. The summed E-state index contributed by atoms with van der Waals surface area (Å²) in [6.07, 6.45) is 1.16. The first kappa shape index (κ1) is 12.0. The van der Waals surface area contributed by atoms with E-state index in [1.54, 1.807) is 12.1 Å². The molecule has 0 atom stereocenters. The standard InChI is InChI=1S/C14H13NO3/c16-14-8-13(7-6-12(14)9-15-17)18-10-11-4-2-1-3-5-11/h1-9,16-17H,10H2. The fraction of sp³-hybridized carbons (Fsp3) is 0.0714. The molecular formula is C14H13NO3. The molecule has 0 amide bonds. The number of hydrogen-bond donors (Lipinski definition) is 2. The molecule has 2 aromatic rings. The molecule has 0 heterocycles. The van der Waals surface area contributed by atoms with Crippen LogP contribution >= 0.6 is 0 Å². The summed E-state index contributed by atoms with van der Waals surface area (Å²) in [4.78, 5) is 0. The number of rotatable bonds is 4. The van der Waals surface area contributed by atoms with Gasteiger partial charge < -0.3 is 15.1 Å². The van der Waals surface area contributed by atoms with E-state index in [1.165, 1.54) is 6.07 Å². The van der Waals surface area contributed by atoms with Crippen LogP contribution in [-0.2, 0) is 6.61 Å². The summed E-state index contributed by atoms with van der Waals surface area (Å²) >= 11 is 0. The van der Waals surface area contributed by atoms with Crippen molar-refractivity contribution in [1.29, 1.82) is 0 Å². The number of phenolic OH excluding ortho intramolecular Hbond substituents is 1. The van der Waals surface area contributed by atoms with Gasteiger partial charge in [0.15, 0.2) is 0 Å². The van der Waals surface area contributed by atoms with Gasteiger partial charge in [0, 0.05) is 11.6 Å². The average Bonchev–Trinajstić information content (AvgIpc) is 2.41. The van der Waals surface area contributed by atoms with Crippen molar-refractivity contribution in [2.75, 3.05) is 0 Å². The molecule has 2 rings (SSSR count). The molecule has 0 aliphatic rings. The van der Waals surface area contributed by atoms with Crippen molar-refractivity contribution in [3.05, 3.63) is 59.7 Å². The van der Waals surface area contributed by atoms with E-state index in [2.05, 4.69) is 5.16 Å². The SMILES string of the molecule is ON=Cc1ccc(OCc2ccccc2)cc1O. The summed E-state index contributed by atoms with van der Waals surface area (Å²) < 4.78 is 5.54. The highest BCUT2D eigenvalue weighted by molar-refractivity contribution is 5.83. The Bertz CT molecular complexity index is 538. The van der Waals surface area contributed by atoms with Crippen LogP contribution < -0.4 is 4.74 Å². The molecule has 0 bridgehead atoms. The van der Waals surface area contributed by atoms with Crippen LogP contribution in [0.15, 0.2) is 53.7 Å². The van der Waals surface area contributed by atoms with Crippen molar-refractivity contribution >= 4 is 6.21 Å². The van der Waals surface area contributed by atoms with E-state index >= 15 is 0 Å². The maximum Gasteiger partial charge on any atom is 0.128 e. The van der Waals surface area contributed by atoms with Gasteiger partial charge in [-0.15, -0.1) is 0 Å². The van der Waals surface area contributed by atoms with Crippen molar-refractivity contribution in [2.45, 2.75) is 6.61 Å². The van der Waals surface area contributed by atoms with Gasteiger partial charge in [-0.3, -0.25) is 0 Å². The van der Waals surface area contributed by atoms with E-state index in [0.29, 0.717) is 17.9 Å². The second kappa shape index (κ2) is 5.72. The molecule has 0 unspecified atom stereocenters. The van der Waals surface area contributed by atoms with Crippen molar-refractivity contribution < 1.29 is 15.1 Å². The Kier molecular flexibility index (Phi) is 3.81. The maximum atomic E-state index is 9.64. The fourth-order valence-corrected chi connectivity index (χ4v) is 1.53. The first-order chi connectivity index (χ1) is 8.79. The second-order valence-electron chi connectivity index (χ2n) is 3.74. The van der Waals surface area contributed by atoms with Gasteiger partial charge in [-0.1, -0.05) is 35.5 Å². The Hall–Kier alpha value is -2.49. The van der Waals surface area contributed by atoms with E-state index < -0.39 is 0 Å². The molecule has 2 aromatic carbocycles. The molecule has 0 radical (unpaired) electrons. The first-order valence-electron chi connectivity index (χ1n) is 5.47. The third-order valence-electron chi connectivity index (χ3n) is 2.45. The summed E-state index contributed by atoms with van der Waals surface area (Å²) in [7, 11) is 0. The van der Waals surface area contributed by atoms with E-state index in [4.69, 9.17) is 9.94 Å². The Labute approximate surface area is 105 Å². The zero-order valence-electron chi connectivity index (χ0n) is 9.65. The molecule has 0 fully saturated rings. The molecule has 4 nitrogen and oxygen atoms in total. The van der Waals surface area contributed by atoms with E-state index in [-0.39, 0.29) is 5.75 Å². The minimum Gasteiger partial charge on any atom is -0.507 e. The molecule has 4 heteroatoms. The van der Waals surface area contributed by atoms with Crippen molar-refractivity contribution in [3.8, 4) is 11.5 Å². The summed E-state index contributed by atoms with van der Waals surface area (Å²) in [6, 6.07) is 14.6. The van der Waals surface area contributed by atoms with Gasteiger partial charge in [-0.05, 0) is 17.7 Å². The number of aromatic hydroxyl groups is 1. The average molecular weight is 243 g/mol. The lowest BCUT2D eigenvalue weighted by molar-refractivity contribution is 0.304. The molecular weight excluding hydrogens is 230 g/mol. The molecule has 92 valence electrons. The zero-order valence-corrected chi connectivity index (χ0v) is 9.65. The number of oxime groups is 1. The highest BCUT2D eigenvalue weighted by Crippen LogP contribution is 2.23. The molecule has 0 saturated heterocycles. The van der Waals surface area contributed by atoms with Gasteiger partial charge in [0.2, 0.25) is 0 Å². The predicted molar refractivity (Wildman–Crippen MR) is 68.3 cm³/mol. The molecule has 0 saturated carbocycles. The van der Waals surface area contributed by atoms with Crippen molar-refractivity contribution in [1.82, 2.24) is 0 Å². The van der Waals surface area contributed by atoms with Crippen LogP contribution in [0.25, 0.3) is 0 Å². The Morgan fingerprint density at radius 3 is 2.56 bits per heavy atom. The second-order valence-corrected chi connectivity index (χ2v) is 3.74. The highest BCUT2D eigenvalue weighted by atomic mass is 16.5. The van der Waals surface area contributed by atoms with Gasteiger partial charge in [0.05, 0.1) is 6.21 Å². The van der Waals surface area contributed by atoms with E-state index in [1.807, 2.05) is 30.3 Å². The third-order valence-corrected chi connectivity index (χ3v) is 2.45. The van der Waals surface area contributed by atoms with E-state index in [0.717, 1.165) is 11.8 Å². The molecule has 2 N–H and O–H groups in total. The first-order valence-corrected chi connectivity index (χ1v) is 5.47. The van der Waals surface area contributed by atoms with Crippen molar-refractivity contribution in [3.63, 3.8) is 0 Å². The van der Waals surface area contributed by atoms with Gasteiger partial charge >= 0.3 is 0 Å². The number of phenols is 1. The Morgan fingerprint density at radius 1 is 1.11 bits per heavy atom. The minimum atomic E-state index is 0.0124. The van der Waals surface area contributed by atoms with Crippen LogP contribution in [0.2, 0.25) is 0 Å². The normalized spacial score (nSPS) is 10.7. The largest absolute Gasteiger partial charge is 0.507 e. The van der Waals surface area contributed by atoms with Crippen LogP contribution in [0, 0.1) is 0 Å². The van der Waals surface area contributed by atoms with Gasteiger partial charge in [0.25, 0.3) is 0 Å². The van der Waals surface area contributed by atoms with Crippen LogP contribution in [0.5, 0.6) is 11.5 Å². The zero-order chi connectivity index (χ0) is 12.8. The van der Waals surface area contributed by atoms with Crippen LogP contribution in [0.3, 0.4) is 0 Å². The third kappa shape index (κ3) is 3.01. The predicted octanol–water partition coefficient (Wildman–Crippen LogP) is 2.78. The lowest BCUT2D eigenvalue weighted by Gasteiger charge is -2.07. The van der Waals surface area contributed by atoms with Gasteiger partial charge in [-0.2, -0.15) is 0 Å². The van der Waals surface area contributed by atoms with Crippen LogP contribution in [0.1, 0.15) is 11.1 Å². The maximum absolute atomic E-state index is 9.64. The topological polar surface area (TPSA) is 62.1 Å². The lowest BCUT2D eigenvalue weighted by Crippen LogP contribution is -1.95. The minimum absolute atomic E-state index is 0.0124. The monoisotopic (exact) mass is 243 g/mol. The molecule has 0 aliphatic carbocycles.